The molecule has 2 aliphatic heterocycles. The van der Waals surface area contributed by atoms with Gasteiger partial charge in [-0.25, -0.2) is 0 Å². The minimum Gasteiger partial charge on any atom is -0.327 e. The molecule has 0 bridgehead atoms. The van der Waals surface area contributed by atoms with Gasteiger partial charge in [0.1, 0.15) is 0 Å². The molecule has 6 heteroatoms. The summed E-state index contributed by atoms with van der Waals surface area (Å²) in [4.78, 5) is 29.7. The SMILES string of the molecule is CCc1ccccc1NC(=O)C[NH+]1CCN(C(=O)C[NH+]2CCC(C)CC2)CC1. The smallest absolute Gasteiger partial charge is 0.279 e. The molecule has 0 aliphatic carbocycles. The number of rotatable bonds is 6. The summed E-state index contributed by atoms with van der Waals surface area (Å²) in [6.45, 7) is 11.0. The van der Waals surface area contributed by atoms with Crippen LogP contribution in [0.2, 0.25) is 0 Å². The summed E-state index contributed by atoms with van der Waals surface area (Å²) in [6, 6.07) is 7.98. The first-order chi connectivity index (χ1) is 13.5. The molecular weight excluding hydrogens is 352 g/mol. The summed E-state index contributed by atoms with van der Waals surface area (Å²) in [5, 5.41) is 3.06. The lowest BCUT2D eigenvalue weighted by atomic mass is 9.99. The van der Waals surface area contributed by atoms with E-state index >= 15 is 0 Å². The molecule has 2 saturated heterocycles. The van der Waals surface area contributed by atoms with E-state index in [-0.39, 0.29) is 11.8 Å². The van der Waals surface area contributed by atoms with Crippen molar-refractivity contribution in [2.45, 2.75) is 33.1 Å². The van der Waals surface area contributed by atoms with E-state index in [1.807, 2.05) is 23.1 Å². The van der Waals surface area contributed by atoms with Crippen molar-refractivity contribution in [2.75, 3.05) is 57.7 Å². The molecule has 2 fully saturated rings. The van der Waals surface area contributed by atoms with Crippen LogP contribution in [-0.2, 0) is 16.0 Å². The van der Waals surface area contributed by atoms with Gasteiger partial charge in [0.15, 0.2) is 13.1 Å². The molecule has 0 radical (unpaired) electrons. The highest BCUT2D eigenvalue weighted by molar-refractivity contribution is 5.92. The lowest BCUT2D eigenvalue weighted by Gasteiger charge is -2.33. The molecule has 3 N–H and O–H groups in total. The largest absolute Gasteiger partial charge is 0.327 e. The third kappa shape index (κ3) is 5.79. The number of likely N-dealkylation sites (tertiary alicyclic amines) is 1. The molecule has 3 rings (SSSR count). The fourth-order valence-corrected chi connectivity index (χ4v) is 4.29. The molecular formula is C22H36N4O2+2. The molecule has 2 aliphatic rings. The highest BCUT2D eigenvalue weighted by atomic mass is 16.2. The van der Waals surface area contributed by atoms with E-state index in [1.165, 1.54) is 22.6 Å². The molecule has 28 heavy (non-hydrogen) atoms. The standard InChI is InChI=1S/C22H34N4O2/c1-3-19-6-4-5-7-20(19)23-21(27)16-25-12-14-26(15-13-25)22(28)17-24-10-8-18(2)9-11-24/h4-7,18H,3,8-17H2,1-2H3,(H,23,27)/p+2. The Morgan fingerprint density at radius 2 is 1.68 bits per heavy atom. The van der Waals surface area contributed by atoms with Crippen LogP contribution in [0.3, 0.4) is 0 Å². The van der Waals surface area contributed by atoms with Gasteiger partial charge < -0.3 is 20.0 Å². The van der Waals surface area contributed by atoms with E-state index in [9.17, 15) is 9.59 Å². The fourth-order valence-electron chi connectivity index (χ4n) is 4.29. The zero-order chi connectivity index (χ0) is 19.9. The number of amides is 2. The van der Waals surface area contributed by atoms with Gasteiger partial charge in [0, 0.05) is 5.69 Å². The number of quaternary nitrogens is 2. The number of piperazine rings is 1. The summed E-state index contributed by atoms with van der Waals surface area (Å²) < 4.78 is 0. The van der Waals surface area contributed by atoms with Crippen molar-refractivity contribution in [3.05, 3.63) is 29.8 Å². The van der Waals surface area contributed by atoms with Crippen LogP contribution >= 0.6 is 0 Å². The average Bonchev–Trinajstić information content (AvgIpc) is 2.70. The molecule has 0 unspecified atom stereocenters. The minimum atomic E-state index is 0.0579. The third-order valence-electron chi connectivity index (χ3n) is 6.29. The third-order valence-corrected chi connectivity index (χ3v) is 6.29. The number of nitrogens with zero attached hydrogens (tertiary/aromatic N) is 1. The molecule has 154 valence electrons. The highest BCUT2D eigenvalue weighted by Crippen LogP contribution is 2.14. The van der Waals surface area contributed by atoms with Gasteiger partial charge >= 0.3 is 0 Å². The maximum absolute atomic E-state index is 12.6. The van der Waals surface area contributed by atoms with Crippen molar-refractivity contribution in [3.8, 4) is 0 Å². The maximum atomic E-state index is 12.6. The topological polar surface area (TPSA) is 58.3 Å². The van der Waals surface area contributed by atoms with Crippen molar-refractivity contribution in [3.63, 3.8) is 0 Å². The molecule has 2 amide bonds. The van der Waals surface area contributed by atoms with Crippen molar-refractivity contribution in [2.24, 2.45) is 5.92 Å². The molecule has 1 aromatic carbocycles. The van der Waals surface area contributed by atoms with Crippen LogP contribution in [-0.4, -0.2) is 69.1 Å². The Hall–Kier alpha value is -1.92. The summed E-state index contributed by atoms with van der Waals surface area (Å²) in [5.41, 5.74) is 2.08. The fraction of sp³-hybridized carbons (Fsp3) is 0.636. The van der Waals surface area contributed by atoms with Crippen molar-refractivity contribution in [1.29, 1.82) is 0 Å². The second kappa shape index (κ2) is 10.0. The first kappa shape index (κ1) is 20.8. The second-order valence-corrected chi connectivity index (χ2v) is 8.48. The second-order valence-electron chi connectivity index (χ2n) is 8.48. The summed E-state index contributed by atoms with van der Waals surface area (Å²) in [5.74, 6) is 1.15. The number of para-hydroxylation sites is 1. The number of hydrogen-bond acceptors (Lipinski definition) is 2. The Morgan fingerprint density at radius 3 is 2.36 bits per heavy atom. The normalized spacial score (nSPS) is 23.4. The van der Waals surface area contributed by atoms with E-state index in [0.717, 1.165) is 62.9 Å². The van der Waals surface area contributed by atoms with Gasteiger partial charge in [-0.15, -0.1) is 0 Å². The minimum absolute atomic E-state index is 0.0579. The van der Waals surface area contributed by atoms with Crippen LogP contribution in [0.4, 0.5) is 5.69 Å². The van der Waals surface area contributed by atoms with Crippen molar-refractivity contribution in [1.82, 2.24) is 4.90 Å². The summed E-state index contributed by atoms with van der Waals surface area (Å²) >= 11 is 0. The zero-order valence-electron chi connectivity index (χ0n) is 17.4. The number of nitrogens with one attached hydrogen (secondary N) is 3. The predicted molar refractivity (Wildman–Crippen MR) is 111 cm³/mol. The van der Waals surface area contributed by atoms with Crippen molar-refractivity contribution < 1.29 is 19.4 Å². The first-order valence-electron chi connectivity index (χ1n) is 10.9. The molecule has 1 aromatic rings. The van der Waals surface area contributed by atoms with Gasteiger partial charge in [0.25, 0.3) is 11.8 Å². The van der Waals surface area contributed by atoms with Crippen LogP contribution in [0, 0.1) is 5.92 Å². The first-order valence-corrected chi connectivity index (χ1v) is 10.9. The van der Waals surface area contributed by atoms with Crippen molar-refractivity contribution >= 4 is 17.5 Å². The molecule has 0 atom stereocenters. The van der Waals surface area contributed by atoms with Crippen LogP contribution in [0.1, 0.15) is 32.3 Å². The molecule has 0 saturated carbocycles. The van der Waals surface area contributed by atoms with Gasteiger partial charge in [-0.3, -0.25) is 9.59 Å². The van der Waals surface area contributed by atoms with E-state index in [0.29, 0.717) is 13.1 Å². The van der Waals surface area contributed by atoms with Gasteiger partial charge in [0.2, 0.25) is 0 Å². The van der Waals surface area contributed by atoms with Gasteiger partial charge in [-0.1, -0.05) is 32.0 Å². The maximum Gasteiger partial charge on any atom is 0.279 e. The molecule has 6 nitrogen and oxygen atoms in total. The van der Waals surface area contributed by atoms with Gasteiger partial charge in [-0.05, 0) is 36.8 Å². The predicted octanol–water partition coefficient (Wildman–Crippen LogP) is -0.771. The number of piperidine rings is 1. The van der Waals surface area contributed by atoms with Gasteiger partial charge in [-0.2, -0.15) is 0 Å². The van der Waals surface area contributed by atoms with Crippen LogP contribution in [0.25, 0.3) is 0 Å². The van der Waals surface area contributed by atoms with E-state index in [2.05, 4.69) is 25.2 Å². The monoisotopic (exact) mass is 388 g/mol. The molecule has 0 spiro atoms. The molecule has 0 aromatic heterocycles. The Bertz CT molecular complexity index is 662. The summed E-state index contributed by atoms with van der Waals surface area (Å²) in [6.07, 6.45) is 3.37. The Kier molecular flexibility index (Phi) is 7.45. The summed E-state index contributed by atoms with van der Waals surface area (Å²) in [7, 11) is 0. The number of aryl methyl sites for hydroxylation is 1. The van der Waals surface area contributed by atoms with Crippen LogP contribution < -0.4 is 15.1 Å². The van der Waals surface area contributed by atoms with Crippen LogP contribution in [0.15, 0.2) is 24.3 Å². The van der Waals surface area contributed by atoms with E-state index in [4.69, 9.17) is 0 Å². The number of carbonyl (C=O) groups is 2. The zero-order valence-corrected chi connectivity index (χ0v) is 17.4. The van der Waals surface area contributed by atoms with E-state index in [1.54, 1.807) is 0 Å². The Morgan fingerprint density at radius 1 is 1.04 bits per heavy atom. The number of benzene rings is 1. The van der Waals surface area contributed by atoms with Crippen LogP contribution in [0.5, 0.6) is 0 Å². The number of carbonyl (C=O) groups excluding carboxylic acids is 2. The Balaban J connectivity index is 1.40. The average molecular weight is 389 g/mol. The quantitative estimate of drug-likeness (QED) is 0.599. The lowest BCUT2D eigenvalue weighted by molar-refractivity contribution is -0.900. The number of anilines is 1. The number of hydrogen-bond donors (Lipinski definition) is 3. The lowest BCUT2D eigenvalue weighted by Crippen LogP contribution is -3.16. The van der Waals surface area contributed by atoms with E-state index < -0.39 is 0 Å². The molecule has 2 heterocycles. The highest BCUT2D eigenvalue weighted by Gasteiger charge is 2.28. The van der Waals surface area contributed by atoms with Gasteiger partial charge in [0.05, 0.1) is 39.3 Å². The Labute approximate surface area is 168 Å².